The summed E-state index contributed by atoms with van der Waals surface area (Å²) in [5.74, 6) is 0. The predicted octanol–water partition coefficient (Wildman–Crippen LogP) is 3.23. The molecular weight excluding hydrogens is 306 g/mol. The standard InChI is InChI=1S/C9H15F3IN/c1-7(2)14-5-3-8(13,4-6-14)9(10,11)12/h7H,3-6H2,1-2H3. The van der Waals surface area contributed by atoms with Gasteiger partial charge in [0.2, 0.25) is 0 Å². The molecule has 0 spiro atoms. The molecule has 1 nitrogen and oxygen atoms in total. The molecule has 0 atom stereocenters. The second-order valence-corrected chi connectivity index (χ2v) is 6.16. The van der Waals surface area contributed by atoms with E-state index in [-0.39, 0.29) is 12.8 Å². The SMILES string of the molecule is CC(C)N1CCC(I)(C(F)(F)F)CC1. The van der Waals surface area contributed by atoms with Crippen molar-refractivity contribution in [3.8, 4) is 0 Å². The number of nitrogens with zero attached hydrogens (tertiary/aromatic N) is 1. The van der Waals surface area contributed by atoms with Crippen LogP contribution in [0.4, 0.5) is 13.2 Å². The normalized spacial score (nSPS) is 24.2. The summed E-state index contributed by atoms with van der Waals surface area (Å²) in [5, 5.41) is 0. The van der Waals surface area contributed by atoms with Gasteiger partial charge in [0.25, 0.3) is 0 Å². The summed E-state index contributed by atoms with van der Waals surface area (Å²) >= 11 is 1.58. The third-order valence-electron chi connectivity index (χ3n) is 2.83. The Morgan fingerprint density at radius 1 is 1.21 bits per heavy atom. The lowest BCUT2D eigenvalue weighted by Crippen LogP contribution is -2.50. The molecule has 1 heterocycles. The van der Waals surface area contributed by atoms with Crippen molar-refractivity contribution in [1.29, 1.82) is 0 Å². The molecule has 0 bridgehead atoms. The third kappa shape index (κ3) is 2.53. The molecule has 1 aliphatic heterocycles. The van der Waals surface area contributed by atoms with Gasteiger partial charge in [-0.25, -0.2) is 0 Å². The van der Waals surface area contributed by atoms with Crippen LogP contribution in [-0.2, 0) is 0 Å². The number of rotatable bonds is 1. The molecule has 0 unspecified atom stereocenters. The summed E-state index contributed by atoms with van der Waals surface area (Å²) in [6, 6.07) is 0.351. The maximum absolute atomic E-state index is 12.6. The molecule has 1 rings (SSSR count). The van der Waals surface area contributed by atoms with E-state index in [9.17, 15) is 13.2 Å². The molecule has 1 fully saturated rings. The van der Waals surface area contributed by atoms with Gasteiger partial charge >= 0.3 is 6.18 Å². The lowest BCUT2D eigenvalue weighted by atomic mass is 9.95. The molecule has 14 heavy (non-hydrogen) atoms. The summed E-state index contributed by atoms with van der Waals surface area (Å²) in [5.41, 5.74) is 0. The van der Waals surface area contributed by atoms with E-state index >= 15 is 0 Å². The highest BCUT2D eigenvalue weighted by molar-refractivity contribution is 14.1. The van der Waals surface area contributed by atoms with Crippen LogP contribution in [0.25, 0.3) is 0 Å². The van der Waals surface area contributed by atoms with Gasteiger partial charge < -0.3 is 4.90 Å². The smallest absolute Gasteiger partial charge is 0.301 e. The second-order valence-electron chi connectivity index (χ2n) is 4.09. The monoisotopic (exact) mass is 321 g/mol. The van der Waals surface area contributed by atoms with Gasteiger partial charge in [0.1, 0.15) is 3.42 Å². The second kappa shape index (κ2) is 4.15. The van der Waals surface area contributed by atoms with Crippen molar-refractivity contribution in [2.75, 3.05) is 13.1 Å². The molecule has 1 aliphatic rings. The zero-order chi connectivity index (χ0) is 11.0. The van der Waals surface area contributed by atoms with E-state index in [4.69, 9.17) is 0 Å². The summed E-state index contributed by atoms with van der Waals surface area (Å²) in [7, 11) is 0. The average Bonchev–Trinajstić information content (AvgIpc) is 2.03. The Hall–Kier alpha value is 0.480. The van der Waals surface area contributed by atoms with Gasteiger partial charge in [-0.05, 0) is 26.7 Å². The number of alkyl halides is 4. The van der Waals surface area contributed by atoms with E-state index in [1.54, 1.807) is 22.6 Å². The molecule has 0 radical (unpaired) electrons. The first-order valence-corrected chi connectivity index (χ1v) is 5.84. The van der Waals surface area contributed by atoms with Gasteiger partial charge in [-0.15, -0.1) is 0 Å². The Kier molecular flexibility index (Phi) is 3.72. The number of halogens is 4. The van der Waals surface area contributed by atoms with Gasteiger partial charge in [-0.2, -0.15) is 13.2 Å². The van der Waals surface area contributed by atoms with Crippen LogP contribution in [0.2, 0.25) is 0 Å². The van der Waals surface area contributed by atoms with Crippen molar-refractivity contribution in [2.24, 2.45) is 0 Å². The summed E-state index contributed by atoms with van der Waals surface area (Å²) in [6.07, 6.45) is -3.62. The van der Waals surface area contributed by atoms with Crippen molar-refractivity contribution in [2.45, 2.75) is 42.3 Å². The van der Waals surface area contributed by atoms with Gasteiger partial charge in [-0.1, -0.05) is 22.6 Å². The van der Waals surface area contributed by atoms with Gasteiger partial charge in [0.15, 0.2) is 0 Å². The Labute approximate surface area is 96.2 Å². The molecule has 0 aliphatic carbocycles. The Morgan fingerprint density at radius 2 is 1.64 bits per heavy atom. The van der Waals surface area contributed by atoms with Crippen molar-refractivity contribution in [3.63, 3.8) is 0 Å². The van der Waals surface area contributed by atoms with E-state index in [0.717, 1.165) is 0 Å². The molecular formula is C9H15F3IN. The lowest BCUT2D eigenvalue weighted by Gasteiger charge is -2.40. The van der Waals surface area contributed by atoms with E-state index < -0.39 is 9.60 Å². The molecule has 0 aromatic heterocycles. The fourth-order valence-electron chi connectivity index (χ4n) is 1.68. The van der Waals surface area contributed by atoms with Gasteiger partial charge in [-0.3, -0.25) is 0 Å². The zero-order valence-electron chi connectivity index (χ0n) is 8.36. The highest BCUT2D eigenvalue weighted by Gasteiger charge is 2.53. The minimum atomic E-state index is -4.06. The van der Waals surface area contributed by atoms with Crippen molar-refractivity contribution in [3.05, 3.63) is 0 Å². The van der Waals surface area contributed by atoms with E-state index in [2.05, 4.69) is 4.90 Å². The van der Waals surface area contributed by atoms with Crippen LogP contribution >= 0.6 is 22.6 Å². The molecule has 1 saturated heterocycles. The molecule has 5 heteroatoms. The van der Waals surface area contributed by atoms with E-state index in [1.807, 2.05) is 13.8 Å². The summed E-state index contributed by atoms with van der Waals surface area (Å²) in [6.45, 7) is 5.15. The molecule has 0 N–H and O–H groups in total. The highest BCUT2D eigenvalue weighted by Crippen LogP contribution is 2.45. The molecule has 0 saturated carbocycles. The molecule has 0 aromatic carbocycles. The fourth-order valence-corrected chi connectivity index (χ4v) is 2.16. The largest absolute Gasteiger partial charge is 0.403 e. The van der Waals surface area contributed by atoms with Crippen LogP contribution in [0, 0.1) is 0 Å². The number of piperidine rings is 1. The van der Waals surface area contributed by atoms with Crippen LogP contribution in [0.15, 0.2) is 0 Å². The van der Waals surface area contributed by atoms with Crippen LogP contribution in [-0.4, -0.2) is 33.6 Å². The van der Waals surface area contributed by atoms with E-state index in [0.29, 0.717) is 19.1 Å². The average molecular weight is 321 g/mol. The maximum atomic E-state index is 12.6. The fraction of sp³-hybridized carbons (Fsp3) is 1.00. The van der Waals surface area contributed by atoms with Crippen LogP contribution < -0.4 is 0 Å². The predicted molar refractivity (Wildman–Crippen MR) is 58.7 cm³/mol. The minimum Gasteiger partial charge on any atom is -0.301 e. The highest BCUT2D eigenvalue weighted by atomic mass is 127. The molecule has 84 valence electrons. The zero-order valence-corrected chi connectivity index (χ0v) is 10.5. The lowest BCUT2D eigenvalue weighted by molar-refractivity contribution is -0.164. The first kappa shape index (κ1) is 12.5. The Bertz CT molecular complexity index is 195. The first-order chi connectivity index (χ1) is 6.26. The van der Waals surface area contributed by atoms with Crippen molar-refractivity contribution < 1.29 is 13.2 Å². The summed E-state index contributed by atoms with van der Waals surface area (Å²) < 4.78 is 36.4. The van der Waals surface area contributed by atoms with Crippen LogP contribution in [0.3, 0.4) is 0 Å². The Balaban J connectivity index is 2.58. The van der Waals surface area contributed by atoms with E-state index in [1.165, 1.54) is 0 Å². The van der Waals surface area contributed by atoms with Gasteiger partial charge in [0.05, 0.1) is 0 Å². The van der Waals surface area contributed by atoms with Gasteiger partial charge in [0, 0.05) is 19.1 Å². The molecule has 0 aromatic rings. The molecule has 0 amide bonds. The first-order valence-electron chi connectivity index (χ1n) is 4.76. The summed E-state index contributed by atoms with van der Waals surface area (Å²) in [4.78, 5) is 2.10. The maximum Gasteiger partial charge on any atom is 0.403 e. The quantitative estimate of drug-likeness (QED) is 0.529. The van der Waals surface area contributed by atoms with Crippen molar-refractivity contribution in [1.82, 2.24) is 4.90 Å². The topological polar surface area (TPSA) is 3.24 Å². The number of likely N-dealkylation sites (tertiary alicyclic amines) is 1. The van der Waals surface area contributed by atoms with Crippen LogP contribution in [0.1, 0.15) is 26.7 Å². The Morgan fingerprint density at radius 3 is 1.93 bits per heavy atom. The number of hydrogen-bond donors (Lipinski definition) is 0. The third-order valence-corrected chi connectivity index (χ3v) is 4.52. The minimum absolute atomic E-state index is 0.218. The number of hydrogen-bond acceptors (Lipinski definition) is 1. The van der Waals surface area contributed by atoms with Crippen LogP contribution in [0.5, 0.6) is 0 Å². The van der Waals surface area contributed by atoms with Crippen molar-refractivity contribution >= 4 is 22.6 Å².